The van der Waals surface area contributed by atoms with E-state index in [1.165, 1.54) is 6.33 Å². The van der Waals surface area contributed by atoms with Gasteiger partial charge in [-0.2, -0.15) is 0 Å². The zero-order valence-corrected chi connectivity index (χ0v) is 11.0. The van der Waals surface area contributed by atoms with E-state index in [9.17, 15) is 14.1 Å². The van der Waals surface area contributed by atoms with E-state index in [1.54, 1.807) is 0 Å². The topological polar surface area (TPSA) is 105 Å². The second-order valence-electron chi connectivity index (χ2n) is 4.40. The minimum absolute atomic E-state index is 0.0778. The van der Waals surface area contributed by atoms with Crippen LogP contribution >= 0.6 is 8.25 Å². The molecular weight excluding hydrogens is 276 g/mol. The normalized spacial score (nSPS) is 28.3. The van der Waals surface area contributed by atoms with Crippen LogP contribution in [0.1, 0.15) is 12.8 Å². The lowest BCUT2D eigenvalue weighted by Crippen LogP contribution is -2.19. The molecule has 0 aromatic carbocycles. The van der Waals surface area contributed by atoms with Gasteiger partial charge in [0.1, 0.15) is 6.33 Å². The molecule has 1 fully saturated rings. The molecule has 1 aromatic rings. The summed E-state index contributed by atoms with van der Waals surface area (Å²) in [5.41, 5.74) is 0. The monoisotopic (exact) mass is 291 g/mol. The van der Waals surface area contributed by atoms with Crippen molar-refractivity contribution in [2.75, 3.05) is 11.9 Å². The van der Waals surface area contributed by atoms with Crippen LogP contribution in [0.15, 0.2) is 12.5 Å². The van der Waals surface area contributed by atoms with Gasteiger partial charge in [-0.25, -0.2) is 14.4 Å². The lowest BCUT2D eigenvalue weighted by atomic mass is 10.1. The molecule has 1 aromatic heterocycles. The zero-order valence-electron chi connectivity index (χ0n) is 9.99. The summed E-state index contributed by atoms with van der Waals surface area (Å²) >= 11 is 0. The summed E-state index contributed by atoms with van der Waals surface area (Å²) in [5.74, 6) is -0.736. The maximum atomic E-state index is 13.4. The summed E-state index contributed by atoms with van der Waals surface area (Å²) in [4.78, 5) is 16.1. The molecule has 1 heterocycles. The summed E-state index contributed by atoms with van der Waals surface area (Å²) in [7, 11) is -3.05. The van der Waals surface area contributed by atoms with Crippen LogP contribution in [0.3, 0.4) is 0 Å². The van der Waals surface area contributed by atoms with Gasteiger partial charge in [-0.3, -0.25) is 4.57 Å². The molecule has 19 heavy (non-hydrogen) atoms. The van der Waals surface area contributed by atoms with Crippen molar-refractivity contribution in [1.82, 2.24) is 9.97 Å². The van der Waals surface area contributed by atoms with Gasteiger partial charge in [0, 0.05) is 18.6 Å². The average Bonchev–Trinajstić information content (AvgIpc) is 2.73. The summed E-state index contributed by atoms with van der Waals surface area (Å²) < 4.78 is 29.0. The third-order valence-corrected chi connectivity index (χ3v) is 3.63. The summed E-state index contributed by atoms with van der Waals surface area (Å²) in [5, 5.41) is 12.1. The van der Waals surface area contributed by atoms with Crippen LogP contribution in [-0.4, -0.2) is 38.7 Å². The molecule has 4 atom stereocenters. The largest absolute Gasteiger partial charge is 0.396 e. The molecule has 0 saturated heterocycles. The van der Waals surface area contributed by atoms with E-state index >= 15 is 0 Å². The van der Waals surface area contributed by atoms with Crippen LogP contribution in [-0.2, 0) is 9.09 Å². The highest BCUT2D eigenvalue weighted by molar-refractivity contribution is 7.32. The first-order chi connectivity index (χ1) is 9.10. The number of anilines is 1. The van der Waals surface area contributed by atoms with E-state index < -0.39 is 20.2 Å². The number of aliphatic hydroxyl groups is 1. The highest BCUT2D eigenvalue weighted by Crippen LogP contribution is 2.35. The van der Waals surface area contributed by atoms with Gasteiger partial charge in [-0.1, -0.05) is 0 Å². The van der Waals surface area contributed by atoms with E-state index in [0.29, 0.717) is 12.8 Å². The molecule has 0 amide bonds. The number of nitrogens with zero attached hydrogens (tertiary/aromatic N) is 2. The molecule has 1 aliphatic rings. The molecule has 2 rings (SSSR count). The smallest absolute Gasteiger partial charge is 0.316 e. The highest BCUT2D eigenvalue weighted by atomic mass is 31.1. The summed E-state index contributed by atoms with van der Waals surface area (Å²) in [6.45, 7) is -0.149. The van der Waals surface area contributed by atoms with E-state index in [4.69, 9.17) is 9.42 Å². The first kappa shape index (κ1) is 14.3. The third kappa shape index (κ3) is 3.70. The summed E-state index contributed by atoms with van der Waals surface area (Å²) in [6.07, 6.45) is 2.69. The van der Waals surface area contributed by atoms with E-state index in [1.807, 2.05) is 0 Å². The summed E-state index contributed by atoms with van der Waals surface area (Å²) in [6, 6.07) is -0.173. The first-order valence-electron chi connectivity index (χ1n) is 5.82. The Morgan fingerprint density at radius 2 is 2.37 bits per heavy atom. The van der Waals surface area contributed by atoms with Gasteiger partial charge >= 0.3 is 8.25 Å². The minimum Gasteiger partial charge on any atom is -0.396 e. The molecule has 106 valence electrons. The van der Waals surface area contributed by atoms with Gasteiger partial charge < -0.3 is 19.8 Å². The van der Waals surface area contributed by atoms with Crippen LogP contribution in [0.25, 0.3) is 0 Å². The van der Waals surface area contributed by atoms with Gasteiger partial charge in [0.2, 0.25) is 0 Å². The Morgan fingerprint density at radius 1 is 1.58 bits per heavy atom. The lowest BCUT2D eigenvalue weighted by Gasteiger charge is -2.15. The van der Waals surface area contributed by atoms with Crippen molar-refractivity contribution in [2.24, 2.45) is 5.92 Å². The van der Waals surface area contributed by atoms with Crippen molar-refractivity contribution in [3.63, 3.8) is 0 Å². The number of hydrogen-bond acceptors (Lipinski definition) is 6. The molecule has 1 unspecified atom stereocenters. The quantitative estimate of drug-likeness (QED) is 0.681. The maximum absolute atomic E-state index is 13.4. The number of aromatic nitrogens is 2. The minimum atomic E-state index is -3.05. The number of aliphatic hydroxyl groups excluding tert-OH is 1. The van der Waals surface area contributed by atoms with E-state index in [0.717, 1.165) is 6.20 Å². The van der Waals surface area contributed by atoms with Crippen LogP contribution in [0.4, 0.5) is 10.2 Å². The van der Waals surface area contributed by atoms with Crippen molar-refractivity contribution < 1.29 is 23.5 Å². The fourth-order valence-electron chi connectivity index (χ4n) is 2.28. The van der Waals surface area contributed by atoms with Gasteiger partial charge in [-0.05, 0) is 12.8 Å². The Morgan fingerprint density at radius 3 is 3.00 bits per heavy atom. The van der Waals surface area contributed by atoms with Crippen LogP contribution in [0, 0.1) is 11.7 Å². The highest BCUT2D eigenvalue weighted by Gasteiger charge is 2.36. The Kier molecular flexibility index (Phi) is 4.81. The number of hydrogen-bond donors (Lipinski definition) is 3. The predicted molar refractivity (Wildman–Crippen MR) is 65.3 cm³/mol. The fourth-order valence-corrected chi connectivity index (χ4v) is 2.83. The second kappa shape index (κ2) is 6.38. The maximum Gasteiger partial charge on any atom is 0.316 e. The van der Waals surface area contributed by atoms with Crippen molar-refractivity contribution in [3.05, 3.63) is 18.3 Å². The van der Waals surface area contributed by atoms with E-state index in [2.05, 4.69) is 15.3 Å². The van der Waals surface area contributed by atoms with Gasteiger partial charge in [-0.15, -0.1) is 0 Å². The molecular formula is C10H15FN3O4P. The van der Waals surface area contributed by atoms with Gasteiger partial charge in [0.15, 0.2) is 11.6 Å². The molecule has 0 bridgehead atoms. The Labute approximate surface area is 109 Å². The van der Waals surface area contributed by atoms with Crippen LogP contribution in [0.2, 0.25) is 0 Å². The lowest BCUT2D eigenvalue weighted by molar-refractivity contribution is 0.106. The molecule has 1 aliphatic carbocycles. The average molecular weight is 291 g/mol. The molecule has 0 radical (unpaired) electrons. The number of rotatable bonds is 5. The Hall–Kier alpha value is -1.08. The van der Waals surface area contributed by atoms with Crippen molar-refractivity contribution in [2.45, 2.75) is 25.0 Å². The fraction of sp³-hybridized carbons (Fsp3) is 0.600. The molecule has 0 aliphatic heterocycles. The molecule has 0 spiro atoms. The van der Waals surface area contributed by atoms with Gasteiger partial charge in [0.25, 0.3) is 0 Å². The van der Waals surface area contributed by atoms with Crippen molar-refractivity contribution in [3.8, 4) is 0 Å². The number of nitrogens with one attached hydrogen (secondary N) is 1. The second-order valence-corrected chi connectivity index (χ2v) is 5.16. The number of halogens is 1. The zero-order chi connectivity index (χ0) is 13.8. The standard InChI is InChI=1S/C10H15FN3O4P/c11-8-3-12-5-13-10(8)14-7-1-6(4-15)9(2-7)18-19(16)17/h3,5-7,9,15,19H,1-2,4H2,(H,16,17)(H,12,13,14)/t6-,7-,9+/m1/s1. The third-order valence-electron chi connectivity index (χ3n) is 3.13. The SMILES string of the molecule is O=[PH](O)O[C@H]1C[C@H](Nc2ncncc2F)C[C@@H]1CO. The molecule has 3 N–H and O–H groups in total. The Balaban J connectivity index is 2.00. The molecule has 1 saturated carbocycles. The van der Waals surface area contributed by atoms with Crippen molar-refractivity contribution >= 4 is 14.1 Å². The predicted octanol–water partition coefficient (Wildman–Crippen LogP) is 0.566. The molecule has 9 heteroatoms. The molecule has 7 nitrogen and oxygen atoms in total. The van der Waals surface area contributed by atoms with E-state index in [-0.39, 0.29) is 24.4 Å². The van der Waals surface area contributed by atoms with Gasteiger partial charge in [0.05, 0.1) is 12.3 Å². The Bertz CT molecular complexity index is 464. The van der Waals surface area contributed by atoms with Crippen LogP contribution in [0.5, 0.6) is 0 Å². The van der Waals surface area contributed by atoms with Crippen molar-refractivity contribution in [1.29, 1.82) is 0 Å². The first-order valence-corrected chi connectivity index (χ1v) is 7.09. The van der Waals surface area contributed by atoms with Crippen LogP contribution < -0.4 is 5.32 Å².